The Hall–Kier alpha value is -3.40. The lowest BCUT2D eigenvalue weighted by atomic mass is 9.32. The molecule has 3 fully saturated rings. The molecular formula is C44H47NO5S2. The highest BCUT2D eigenvalue weighted by Crippen LogP contribution is 2.78. The number of nitrogens with zero attached hydrogens (tertiary/aromatic N) is 1. The first-order valence-corrected chi connectivity index (χ1v) is 21.1. The molecule has 52 heavy (non-hydrogen) atoms. The summed E-state index contributed by atoms with van der Waals surface area (Å²) in [7, 11) is -3.95. The smallest absolute Gasteiger partial charge is 0.252 e. The van der Waals surface area contributed by atoms with Crippen LogP contribution >= 0.6 is 11.3 Å². The fraction of sp³-hybridized carbons (Fsp3) is 0.432. The Morgan fingerprint density at radius 2 is 1.56 bits per heavy atom. The number of thiophene rings is 1. The number of carbonyl (C=O) groups is 1. The summed E-state index contributed by atoms with van der Waals surface area (Å²) in [6, 6.07) is 27.0. The van der Waals surface area contributed by atoms with Gasteiger partial charge in [-0.2, -0.15) is 4.31 Å². The molecule has 0 amide bonds. The van der Waals surface area contributed by atoms with Crippen LogP contribution in [-0.2, 0) is 16.6 Å². The fourth-order valence-electron chi connectivity index (χ4n) is 12.0. The largest absolute Gasteiger partial charge is 0.393 e. The topological polar surface area (TPSA) is 94.9 Å². The Morgan fingerprint density at radius 1 is 0.846 bits per heavy atom. The van der Waals surface area contributed by atoms with Gasteiger partial charge in [0.2, 0.25) is 0 Å². The maximum absolute atomic E-state index is 14.8. The molecule has 8 atom stereocenters. The van der Waals surface area contributed by atoms with Crippen molar-refractivity contribution in [1.82, 2.24) is 4.31 Å². The predicted molar refractivity (Wildman–Crippen MR) is 205 cm³/mol. The number of rotatable bonds is 8. The summed E-state index contributed by atoms with van der Waals surface area (Å²) in [5, 5.41) is 28.0. The predicted octanol–water partition coefficient (Wildman–Crippen LogP) is 8.57. The highest BCUT2D eigenvalue weighted by atomic mass is 32.2. The lowest BCUT2D eigenvalue weighted by molar-refractivity contribution is -0.173. The van der Waals surface area contributed by atoms with E-state index in [0.717, 1.165) is 47.6 Å². The van der Waals surface area contributed by atoms with Gasteiger partial charge in [-0.05, 0) is 90.0 Å². The van der Waals surface area contributed by atoms with E-state index in [9.17, 15) is 23.4 Å². The zero-order chi connectivity index (χ0) is 36.1. The number of carbonyl (C=O) groups excluding carboxylic acids is 1. The standard InChI is InChI=1S/C44H47NO5S2/c1-40-20-17-33(46)26-42(40)23-24-44(35(27-42)39(47)31-11-4-3-5-12-31)36(40)18-21-41(2)37(44)19-22-43(41,48)29-45(52(49,50)38-16-9-25-51-38)28-32-14-8-13-30-10-6-7-15-34(30)32/h3-16,23-25,27,33,36-37,46,48H,17-22,26,28-29H2,1-2H3/t33?,36-,37-,40-,41+,42+,43-,44-/m1/s1. The number of hydrogen-bond acceptors (Lipinski definition) is 6. The number of allylic oxidation sites excluding steroid dienone is 4. The van der Waals surface area contributed by atoms with E-state index >= 15 is 0 Å². The molecule has 1 unspecified atom stereocenters. The zero-order valence-corrected chi connectivity index (χ0v) is 31.5. The van der Waals surface area contributed by atoms with Crippen LogP contribution in [0.15, 0.2) is 118 Å². The maximum Gasteiger partial charge on any atom is 0.252 e. The number of aliphatic hydroxyl groups excluding tert-OH is 1. The Bertz CT molecular complexity index is 2230. The first kappa shape index (κ1) is 34.4. The molecule has 3 aromatic carbocycles. The van der Waals surface area contributed by atoms with Crippen molar-refractivity contribution < 1.29 is 23.4 Å². The van der Waals surface area contributed by atoms with Crippen LogP contribution in [0.1, 0.15) is 74.7 Å². The number of Topliss-reactive ketones (excluding diaryl/α,β-unsaturated/α-hetero) is 1. The molecule has 0 aliphatic heterocycles. The van der Waals surface area contributed by atoms with Gasteiger partial charge in [0.1, 0.15) is 4.21 Å². The molecule has 6 aliphatic carbocycles. The van der Waals surface area contributed by atoms with E-state index in [1.807, 2.05) is 72.8 Å². The third-order valence-electron chi connectivity index (χ3n) is 14.7. The van der Waals surface area contributed by atoms with Crippen molar-refractivity contribution in [1.29, 1.82) is 0 Å². The van der Waals surface area contributed by atoms with Gasteiger partial charge in [0.25, 0.3) is 10.0 Å². The third kappa shape index (κ3) is 4.63. The molecule has 3 saturated carbocycles. The quantitative estimate of drug-likeness (QED) is 0.140. The summed E-state index contributed by atoms with van der Waals surface area (Å²) < 4.78 is 30.9. The van der Waals surface area contributed by atoms with Crippen LogP contribution in [0, 0.1) is 33.5 Å². The lowest BCUT2D eigenvalue weighted by Crippen LogP contribution is -2.67. The van der Waals surface area contributed by atoms with Crippen molar-refractivity contribution in [2.45, 2.75) is 81.3 Å². The van der Waals surface area contributed by atoms with Crippen LogP contribution < -0.4 is 0 Å². The summed E-state index contributed by atoms with van der Waals surface area (Å²) in [5.41, 5.74) is -0.830. The summed E-state index contributed by atoms with van der Waals surface area (Å²) in [4.78, 5) is 14.8. The summed E-state index contributed by atoms with van der Waals surface area (Å²) >= 11 is 1.20. The van der Waals surface area contributed by atoms with Gasteiger partial charge in [0.05, 0.1) is 11.7 Å². The molecule has 2 bridgehead atoms. The molecule has 6 aliphatic rings. The van der Waals surface area contributed by atoms with E-state index < -0.39 is 38.0 Å². The van der Waals surface area contributed by atoms with Crippen LogP contribution in [-0.4, -0.2) is 47.0 Å². The van der Waals surface area contributed by atoms with E-state index in [0.29, 0.717) is 24.8 Å². The minimum absolute atomic E-state index is 0.0222. The number of ketones is 1. The molecule has 6 nitrogen and oxygen atoms in total. The van der Waals surface area contributed by atoms with E-state index in [2.05, 4.69) is 32.1 Å². The minimum atomic E-state index is -3.95. The number of fused-ring (bicyclic) bond motifs is 2. The highest BCUT2D eigenvalue weighted by Gasteiger charge is 2.74. The van der Waals surface area contributed by atoms with E-state index in [1.165, 1.54) is 15.6 Å². The molecule has 0 saturated heterocycles. The highest BCUT2D eigenvalue weighted by molar-refractivity contribution is 7.91. The SMILES string of the molecule is C[C@]12CC[C@H]3[C@]4(C=C[C@@]5(C=C4C(=O)c4ccccc4)CC(O)CC[C@]35C)[C@@H]1CC[C@@]2(O)CN(Cc1cccc2ccccc12)S(=O)(=O)c1cccs1. The molecule has 1 heterocycles. The van der Waals surface area contributed by atoms with Crippen molar-refractivity contribution in [2.75, 3.05) is 6.54 Å². The Labute approximate surface area is 310 Å². The second kappa shape index (κ2) is 11.8. The van der Waals surface area contributed by atoms with Gasteiger partial charge in [-0.1, -0.05) is 111 Å². The second-order valence-electron chi connectivity index (χ2n) is 16.8. The lowest BCUT2D eigenvalue weighted by Gasteiger charge is -2.71. The maximum atomic E-state index is 14.8. The average Bonchev–Trinajstić information content (AvgIpc) is 3.79. The van der Waals surface area contributed by atoms with Gasteiger partial charge >= 0.3 is 0 Å². The minimum Gasteiger partial charge on any atom is -0.393 e. The van der Waals surface area contributed by atoms with Crippen LogP contribution in [0.5, 0.6) is 0 Å². The molecule has 10 rings (SSSR count). The summed E-state index contributed by atoms with van der Waals surface area (Å²) in [5.74, 6) is 0.103. The van der Waals surface area contributed by atoms with Gasteiger partial charge < -0.3 is 10.2 Å². The van der Waals surface area contributed by atoms with Gasteiger partial charge in [0, 0.05) is 40.5 Å². The molecule has 4 aromatic rings. The first-order valence-electron chi connectivity index (χ1n) is 18.8. The van der Waals surface area contributed by atoms with E-state index in [4.69, 9.17) is 0 Å². The Morgan fingerprint density at radius 3 is 2.35 bits per heavy atom. The van der Waals surface area contributed by atoms with Gasteiger partial charge in [-0.25, -0.2) is 8.42 Å². The van der Waals surface area contributed by atoms with E-state index in [-0.39, 0.29) is 40.3 Å². The van der Waals surface area contributed by atoms with Crippen molar-refractivity contribution in [3.63, 3.8) is 0 Å². The molecule has 0 radical (unpaired) electrons. The molecule has 8 heteroatoms. The summed E-state index contributed by atoms with van der Waals surface area (Å²) in [6.07, 6.45) is 11.3. The number of hydrogen-bond donors (Lipinski definition) is 2. The number of sulfonamides is 1. The van der Waals surface area contributed by atoms with Crippen molar-refractivity contribution in [3.8, 4) is 0 Å². The Kier molecular flexibility index (Phi) is 7.80. The fourth-order valence-corrected chi connectivity index (χ4v) is 14.6. The normalized spacial score (nSPS) is 36.3. The number of benzene rings is 3. The summed E-state index contributed by atoms with van der Waals surface area (Å²) in [6.45, 7) is 4.66. The molecule has 2 N–H and O–H groups in total. The average molecular weight is 734 g/mol. The van der Waals surface area contributed by atoms with Crippen LogP contribution in [0.4, 0.5) is 0 Å². The van der Waals surface area contributed by atoms with Gasteiger partial charge in [-0.3, -0.25) is 4.79 Å². The molecule has 2 spiro atoms. The third-order valence-corrected chi connectivity index (χ3v) is 17.9. The second-order valence-corrected chi connectivity index (χ2v) is 20.0. The molecule has 1 aromatic heterocycles. The van der Waals surface area contributed by atoms with Gasteiger partial charge in [-0.15, -0.1) is 11.3 Å². The van der Waals surface area contributed by atoms with Crippen molar-refractivity contribution >= 4 is 37.9 Å². The van der Waals surface area contributed by atoms with Crippen LogP contribution in [0.3, 0.4) is 0 Å². The Balaban J connectivity index is 1.15. The zero-order valence-electron chi connectivity index (χ0n) is 29.9. The van der Waals surface area contributed by atoms with Gasteiger partial charge in [0.15, 0.2) is 5.78 Å². The van der Waals surface area contributed by atoms with E-state index in [1.54, 1.807) is 17.5 Å². The van der Waals surface area contributed by atoms with Crippen molar-refractivity contribution in [3.05, 3.63) is 125 Å². The first-order chi connectivity index (χ1) is 24.9. The van der Waals surface area contributed by atoms with Crippen molar-refractivity contribution in [2.24, 2.45) is 33.5 Å². The van der Waals surface area contributed by atoms with Crippen LogP contribution in [0.25, 0.3) is 10.8 Å². The number of aliphatic hydroxyl groups is 2. The molecular weight excluding hydrogens is 687 g/mol. The monoisotopic (exact) mass is 733 g/mol. The van der Waals surface area contributed by atoms with Crippen LogP contribution in [0.2, 0.25) is 0 Å². The molecule has 270 valence electrons.